The van der Waals surface area contributed by atoms with E-state index in [1.165, 1.54) is 12.1 Å². The zero-order chi connectivity index (χ0) is 20.3. The van der Waals surface area contributed by atoms with Crippen LogP contribution >= 0.6 is 0 Å². The predicted molar refractivity (Wildman–Crippen MR) is 98.4 cm³/mol. The molecule has 2 atom stereocenters. The van der Waals surface area contributed by atoms with Gasteiger partial charge in [0.1, 0.15) is 17.7 Å². The Bertz CT molecular complexity index is 885. The lowest BCUT2D eigenvalue weighted by Gasteiger charge is -2.14. The Morgan fingerprint density at radius 1 is 1.21 bits per heavy atom. The van der Waals surface area contributed by atoms with Crippen molar-refractivity contribution in [1.29, 1.82) is 5.41 Å². The minimum absolute atomic E-state index is 0.0756. The number of hydrogen-bond donors (Lipinski definition) is 4. The van der Waals surface area contributed by atoms with Gasteiger partial charge in [0.25, 0.3) is 0 Å². The zero-order valence-electron chi connectivity index (χ0n) is 14.7. The highest BCUT2D eigenvalue weighted by atomic mass is 19.4. The minimum atomic E-state index is -4.47. The summed E-state index contributed by atoms with van der Waals surface area (Å²) in [6.07, 6.45) is -4.41. The van der Waals surface area contributed by atoms with Crippen LogP contribution in [0.15, 0.2) is 48.5 Å². The van der Waals surface area contributed by atoms with Gasteiger partial charge in [0.05, 0.1) is 11.6 Å². The summed E-state index contributed by atoms with van der Waals surface area (Å²) in [5.74, 6) is 0.0229. The van der Waals surface area contributed by atoms with E-state index in [1.807, 2.05) is 0 Å². The number of nitrogen functional groups attached to an aromatic ring is 1. The molecule has 0 bridgehead atoms. The molecule has 2 aromatic carbocycles. The number of rotatable bonds is 5. The van der Waals surface area contributed by atoms with E-state index in [0.717, 1.165) is 12.1 Å². The maximum Gasteiger partial charge on any atom is 0.416 e. The van der Waals surface area contributed by atoms with Gasteiger partial charge in [-0.05, 0) is 30.3 Å². The van der Waals surface area contributed by atoms with Crippen LogP contribution in [0.3, 0.4) is 0 Å². The second-order valence-corrected chi connectivity index (χ2v) is 6.45. The van der Waals surface area contributed by atoms with Gasteiger partial charge in [-0.2, -0.15) is 13.2 Å². The summed E-state index contributed by atoms with van der Waals surface area (Å²) in [6, 6.07) is 10.7. The summed E-state index contributed by atoms with van der Waals surface area (Å²) < 4.78 is 44.2. The van der Waals surface area contributed by atoms with Crippen LogP contribution in [0.1, 0.15) is 17.5 Å². The lowest BCUT2D eigenvalue weighted by molar-refractivity contribution is -0.137. The number of alkyl halides is 3. The van der Waals surface area contributed by atoms with Crippen molar-refractivity contribution in [2.75, 3.05) is 11.9 Å². The van der Waals surface area contributed by atoms with Gasteiger partial charge in [0, 0.05) is 24.2 Å². The standard InChI is InChI=1S/C19H19F3N4O2/c20-19(21,22)12-4-2-5-13(8-12)26-18(27)16-9-15(10-25-16)28-14-6-1-3-11(7-14)17(23)24/h1-8,15-16,25H,9-10H2,(H3,23,24)(H,26,27)/t15?,16-/m0/s1. The molecule has 0 saturated carbocycles. The first kappa shape index (κ1) is 19.7. The van der Waals surface area contributed by atoms with Crippen molar-refractivity contribution in [3.63, 3.8) is 0 Å². The highest BCUT2D eigenvalue weighted by molar-refractivity contribution is 5.95. The Kier molecular flexibility index (Phi) is 5.55. The third-order valence-electron chi connectivity index (χ3n) is 4.31. The number of anilines is 1. The molecule has 1 heterocycles. The van der Waals surface area contributed by atoms with Crippen molar-refractivity contribution < 1.29 is 22.7 Å². The zero-order valence-corrected chi connectivity index (χ0v) is 14.7. The molecule has 5 N–H and O–H groups in total. The molecular formula is C19H19F3N4O2. The quantitative estimate of drug-likeness (QED) is 0.464. The van der Waals surface area contributed by atoms with E-state index in [1.54, 1.807) is 24.3 Å². The monoisotopic (exact) mass is 392 g/mol. The number of halogens is 3. The maximum atomic E-state index is 12.8. The topological polar surface area (TPSA) is 100 Å². The molecule has 1 amide bonds. The van der Waals surface area contributed by atoms with Crippen LogP contribution < -0.4 is 21.1 Å². The fraction of sp³-hybridized carbons (Fsp3) is 0.263. The molecular weight excluding hydrogens is 373 g/mol. The molecule has 1 unspecified atom stereocenters. The number of amides is 1. The Labute approximate surface area is 159 Å². The van der Waals surface area contributed by atoms with E-state index in [9.17, 15) is 18.0 Å². The van der Waals surface area contributed by atoms with E-state index >= 15 is 0 Å². The van der Waals surface area contributed by atoms with Crippen LogP contribution in [0.2, 0.25) is 0 Å². The Morgan fingerprint density at radius 3 is 2.68 bits per heavy atom. The fourth-order valence-corrected chi connectivity index (χ4v) is 2.92. The molecule has 1 fully saturated rings. The number of hydrogen-bond acceptors (Lipinski definition) is 4. The molecule has 0 spiro atoms. The maximum absolute atomic E-state index is 12.8. The summed E-state index contributed by atoms with van der Waals surface area (Å²) in [4.78, 5) is 12.4. The number of nitrogens with one attached hydrogen (secondary N) is 3. The molecule has 1 saturated heterocycles. The lowest BCUT2D eigenvalue weighted by Crippen LogP contribution is -2.35. The summed E-state index contributed by atoms with van der Waals surface area (Å²) in [5, 5.41) is 13.0. The molecule has 6 nitrogen and oxygen atoms in total. The molecule has 0 aromatic heterocycles. The smallest absolute Gasteiger partial charge is 0.416 e. The largest absolute Gasteiger partial charge is 0.489 e. The van der Waals surface area contributed by atoms with Gasteiger partial charge < -0.3 is 21.1 Å². The first-order valence-electron chi connectivity index (χ1n) is 8.55. The number of amidine groups is 1. The molecule has 0 radical (unpaired) electrons. The summed E-state index contributed by atoms with van der Waals surface area (Å²) >= 11 is 0. The van der Waals surface area contributed by atoms with Gasteiger partial charge in [-0.3, -0.25) is 10.2 Å². The second-order valence-electron chi connectivity index (χ2n) is 6.45. The number of carbonyl (C=O) groups excluding carboxylic acids is 1. The molecule has 9 heteroatoms. The number of benzene rings is 2. The van der Waals surface area contributed by atoms with E-state index in [0.29, 0.717) is 24.3 Å². The SMILES string of the molecule is N=C(N)c1cccc(OC2CN[C@H](C(=O)Nc3cccc(C(F)(F)F)c3)C2)c1. The fourth-order valence-electron chi connectivity index (χ4n) is 2.92. The Balaban J connectivity index is 1.59. The molecule has 1 aliphatic heterocycles. The van der Waals surface area contributed by atoms with Gasteiger partial charge in [-0.1, -0.05) is 18.2 Å². The van der Waals surface area contributed by atoms with Gasteiger partial charge in [-0.25, -0.2) is 0 Å². The van der Waals surface area contributed by atoms with Crippen molar-refractivity contribution >= 4 is 17.4 Å². The normalized spacial score (nSPS) is 19.2. The number of carbonyl (C=O) groups is 1. The highest BCUT2D eigenvalue weighted by Crippen LogP contribution is 2.30. The molecule has 148 valence electrons. The third-order valence-corrected chi connectivity index (χ3v) is 4.31. The summed E-state index contributed by atoms with van der Waals surface area (Å²) in [6.45, 7) is 0.408. The number of ether oxygens (including phenoxy) is 1. The van der Waals surface area contributed by atoms with E-state index in [4.69, 9.17) is 15.9 Å². The molecule has 2 aromatic rings. The molecule has 28 heavy (non-hydrogen) atoms. The second kappa shape index (κ2) is 7.89. The van der Waals surface area contributed by atoms with E-state index in [2.05, 4.69) is 10.6 Å². The van der Waals surface area contributed by atoms with Crippen LogP contribution in [-0.4, -0.2) is 30.4 Å². The van der Waals surface area contributed by atoms with Gasteiger partial charge in [0.15, 0.2) is 0 Å². The van der Waals surface area contributed by atoms with Gasteiger partial charge in [-0.15, -0.1) is 0 Å². The van der Waals surface area contributed by atoms with Gasteiger partial charge >= 0.3 is 6.18 Å². The first-order chi connectivity index (χ1) is 13.2. The van der Waals surface area contributed by atoms with Crippen molar-refractivity contribution in [3.05, 3.63) is 59.7 Å². The minimum Gasteiger partial charge on any atom is -0.489 e. The van der Waals surface area contributed by atoms with Crippen LogP contribution in [-0.2, 0) is 11.0 Å². The molecule has 0 aliphatic carbocycles. The van der Waals surface area contributed by atoms with E-state index < -0.39 is 23.7 Å². The van der Waals surface area contributed by atoms with Crippen molar-refractivity contribution in [2.24, 2.45) is 5.73 Å². The highest BCUT2D eigenvalue weighted by Gasteiger charge is 2.32. The Hall–Kier alpha value is -3.07. The van der Waals surface area contributed by atoms with Crippen molar-refractivity contribution in [3.8, 4) is 5.75 Å². The molecule has 3 rings (SSSR count). The lowest BCUT2D eigenvalue weighted by atomic mass is 10.1. The van der Waals surface area contributed by atoms with Crippen molar-refractivity contribution in [1.82, 2.24) is 5.32 Å². The van der Waals surface area contributed by atoms with E-state index in [-0.39, 0.29) is 17.6 Å². The summed E-state index contributed by atoms with van der Waals surface area (Å²) in [7, 11) is 0. The average molecular weight is 392 g/mol. The van der Waals surface area contributed by atoms with Crippen molar-refractivity contribution in [2.45, 2.75) is 24.7 Å². The summed E-state index contributed by atoms with van der Waals surface area (Å²) in [5.41, 5.74) is 5.25. The van der Waals surface area contributed by atoms with Gasteiger partial charge in [0.2, 0.25) is 5.91 Å². The Morgan fingerprint density at radius 2 is 1.96 bits per heavy atom. The first-order valence-corrected chi connectivity index (χ1v) is 8.55. The number of nitrogens with two attached hydrogens (primary N) is 1. The predicted octanol–water partition coefficient (Wildman–Crippen LogP) is 2.74. The molecule has 1 aliphatic rings. The van der Waals surface area contributed by atoms with Crippen LogP contribution in [0.25, 0.3) is 0 Å². The van der Waals surface area contributed by atoms with Crippen LogP contribution in [0, 0.1) is 5.41 Å². The van der Waals surface area contributed by atoms with Crippen LogP contribution in [0.5, 0.6) is 5.75 Å². The van der Waals surface area contributed by atoms with Crippen LogP contribution in [0.4, 0.5) is 18.9 Å². The average Bonchev–Trinajstić information content (AvgIpc) is 3.10. The third kappa shape index (κ3) is 4.80.